The first-order valence-corrected chi connectivity index (χ1v) is 7.41. The third-order valence-corrected chi connectivity index (χ3v) is 4.78. The summed E-state index contributed by atoms with van der Waals surface area (Å²) in [5.74, 6) is 0. The Morgan fingerprint density at radius 2 is 1.62 bits per heavy atom. The summed E-state index contributed by atoms with van der Waals surface area (Å²) in [4.78, 5) is 0. The largest absolute Gasteiger partial charge is 0.269 e. The molecule has 1 aliphatic carbocycles. The Morgan fingerprint density at radius 1 is 1.15 bits per heavy atom. The molecule has 0 atom stereocenters. The Bertz CT molecular complexity index is 387. The molecule has 0 amide bonds. The first-order valence-electron chi connectivity index (χ1n) is 3.70. The number of sulfone groups is 1. The lowest BCUT2D eigenvalue weighted by Crippen LogP contribution is -2.28. The van der Waals surface area contributed by atoms with Crippen LogP contribution in [0.25, 0.3) is 0 Å². The SMILES string of the molecule is CS(=O)(=O)OCC1(S(C)(=O)=O)CC1. The average molecular weight is 228 g/mol. The van der Waals surface area contributed by atoms with Crippen LogP contribution in [0.15, 0.2) is 0 Å². The van der Waals surface area contributed by atoms with E-state index in [1.54, 1.807) is 0 Å². The lowest BCUT2D eigenvalue weighted by atomic mass is 10.5. The van der Waals surface area contributed by atoms with E-state index in [9.17, 15) is 16.8 Å². The van der Waals surface area contributed by atoms with Crippen LogP contribution in [0.1, 0.15) is 12.8 Å². The summed E-state index contributed by atoms with van der Waals surface area (Å²) in [6.45, 7) is -0.245. The quantitative estimate of drug-likeness (QED) is 0.608. The second kappa shape index (κ2) is 2.93. The minimum Gasteiger partial charge on any atom is -0.269 e. The van der Waals surface area contributed by atoms with Crippen molar-refractivity contribution in [3.05, 3.63) is 0 Å². The van der Waals surface area contributed by atoms with Gasteiger partial charge in [-0.25, -0.2) is 8.42 Å². The average Bonchev–Trinajstić information content (AvgIpc) is 2.58. The fourth-order valence-corrected chi connectivity index (χ4v) is 2.61. The molecule has 0 heterocycles. The lowest BCUT2D eigenvalue weighted by molar-refractivity contribution is 0.311. The van der Waals surface area contributed by atoms with E-state index in [0.717, 1.165) is 12.5 Å². The summed E-state index contributed by atoms with van der Waals surface area (Å²) in [6, 6.07) is 0. The maximum Gasteiger partial charge on any atom is 0.264 e. The monoisotopic (exact) mass is 228 g/mol. The van der Waals surface area contributed by atoms with Crippen LogP contribution < -0.4 is 0 Å². The van der Waals surface area contributed by atoms with E-state index < -0.39 is 24.7 Å². The summed E-state index contributed by atoms with van der Waals surface area (Å²) in [5.41, 5.74) is 0. The second-order valence-electron chi connectivity index (χ2n) is 3.42. The van der Waals surface area contributed by atoms with E-state index in [4.69, 9.17) is 0 Å². The molecule has 0 N–H and O–H groups in total. The van der Waals surface area contributed by atoms with Gasteiger partial charge in [0, 0.05) is 6.26 Å². The molecule has 1 rings (SSSR count). The third kappa shape index (κ3) is 2.65. The maximum absolute atomic E-state index is 11.2. The Balaban J connectivity index is 2.67. The smallest absolute Gasteiger partial charge is 0.264 e. The van der Waals surface area contributed by atoms with E-state index in [1.165, 1.54) is 0 Å². The summed E-state index contributed by atoms with van der Waals surface area (Å²) in [5, 5.41) is 0. The number of rotatable bonds is 4. The van der Waals surface area contributed by atoms with Gasteiger partial charge in [0.2, 0.25) is 0 Å². The van der Waals surface area contributed by atoms with Crippen molar-refractivity contribution in [3.8, 4) is 0 Å². The molecule has 0 aromatic heterocycles. The number of hydrogen-bond acceptors (Lipinski definition) is 5. The summed E-state index contributed by atoms with van der Waals surface area (Å²) in [7, 11) is -6.75. The van der Waals surface area contributed by atoms with E-state index in [-0.39, 0.29) is 6.61 Å². The topological polar surface area (TPSA) is 77.5 Å². The highest BCUT2D eigenvalue weighted by molar-refractivity contribution is 7.92. The van der Waals surface area contributed by atoms with Crippen molar-refractivity contribution in [2.24, 2.45) is 0 Å². The minimum atomic E-state index is -3.54. The van der Waals surface area contributed by atoms with E-state index in [2.05, 4.69) is 4.18 Å². The van der Waals surface area contributed by atoms with Gasteiger partial charge in [0.1, 0.15) is 0 Å². The minimum absolute atomic E-state index is 0.245. The van der Waals surface area contributed by atoms with Gasteiger partial charge in [-0.1, -0.05) is 0 Å². The van der Waals surface area contributed by atoms with E-state index in [0.29, 0.717) is 12.8 Å². The molecule has 0 aliphatic heterocycles. The van der Waals surface area contributed by atoms with Gasteiger partial charge in [-0.2, -0.15) is 8.42 Å². The first-order chi connectivity index (χ1) is 5.66. The van der Waals surface area contributed by atoms with Crippen LogP contribution in [-0.2, 0) is 24.1 Å². The van der Waals surface area contributed by atoms with Crippen molar-refractivity contribution in [1.29, 1.82) is 0 Å². The van der Waals surface area contributed by atoms with Crippen molar-refractivity contribution < 1.29 is 21.0 Å². The Kier molecular flexibility index (Phi) is 2.46. The fourth-order valence-electron chi connectivity index (χ4n) is 0.976. The molecule has 5 nitrogen and oxygen atoms in total. The summed E-state index contributed by atoms with van der Waals surface area (Å²) in [6.07, 6.45) is 2.99. The van der Waals surface area contributed by atoms with Crippen LogP contribution in [0.3, 0.4) is 0 Å². The van der Waals surface area contributed by atoms with Crippen LogP contribution in [0.5, 0.6) is 0 Å². The molecular weight excluding hydrogens is 216 g/mol. The fraction of sp³-hybridized carbons (Fsp3) is 1.00. The highest BCUT2D eigenvalue weighted by Gasteiger charge is 2.53. The van der Waals surface area contributed by atoms with Gasteiger partial charge >= 0.3 is 0 Å². The predicted octanol–water partition coefficient (Wildman–Crippen LogP) is -0.460. The normalized spacial score (nSPS) is 21.4. The van der Waals surface area contributed by atoms with Crippen LogP contribution in [0.2, 0.25) is 0 Å². The molecule has 1 aliphatic rings. The van der Waals surface area contributed by atoms with Gasteiger partial charge in [0.15, 0.2) is 9.84 Å². The molecule has 0 unspecified atom stereocenters. The molecule has 1 saturated carbocycles. The second-order valence-corrected chi connectivity index (χ2v) is 7.48. The van der Waals surface area contributed by atoms with Gasteiger partial charge in [-0.3, -0.25) is 4.18 Å². The van der Waals surface area contributed by atoms with Gasteiger partial charge in [0.25, 0.3) is 10.1 Å². The zero-order valence-electron chi connectivity index (χ0n) is 7.48. The molecule has 0 aromatic rings. The highest BCUT2D eigenvalue weighted by atomic mass is 32.2. The van der Waals surface area contributed by atoms with E-state index in [1.807, 2.05) is 0 Å². The first kappa shape index (κ1) is 10.9. The molecule has 7 heteroatoms. The third-order valence-electron chi connectivity index (χ3n) is 2.13. The van der Waals surface area contributed by atoms with Gasteiger partial charge in [0.05, 0.1) is 17.6 Å². The molecule has 78 valence electrons. The van der Waals surface area contributed by atoms with E-state index >= 15 is 0 Å². The summed E-state index contributed by atoms with van der Waals surface area (Å²) >= 11 is 0. The highest BCUT2D eigenvalue weighted by Crippen LogP contribution is 2.43. The number of hydrogen-bond donors (Lipinski definition) is 0. The van der Waals surface area contributed by atoms with Crippen LogP contribution in [0.4, 0.5) is 0 Å². The van der Waals surface area contributed by atoms with Crippen molar-refractivity contribution in [2.45, 2.75) is 17.6 Å². The zero-order valence-corrected chi connectivity index (χ0v) is 9.11. The van der Waals surface area contributed by atoms with Crippen LogP contribution >= 0.6 is 0 Å². The maximum atomic E-state index is 11.2. The van der Waals surface area contributed by atoms with Crippen LogP contribution in [0, 0.1) is 0 Å². The Labute approximate surface area is 78.1 Å². The Hall–Kier alpha value is -0.140. The lowest BCUT2D eigenvalue weighted by Gasteiger charge is -2.11. The van der Waals surface area contributed by atoms with Crippen molar-refractivity contribution >= 4 is 20.0 Å². The van der Waals surface area contributed by atoms with Gasteiger partial charge < -0.3 is 0 Å². The molecule has 13 heavy (non-hydrogen) atoms. The molecule has 0 aromatic carbocycles. The molecule has 0 saturated heterocycles. The molecule has 1 fully saturated rings. The zero-order chi connectivity index (χ0) is 10.3. The molecule has 0 radical (unpaired) electrons. The Morgan fingerprint density at radius 3 is 1.85 bits per heavy atom. The standard InChI is InChI=1S/C6H12O5S2/c1-12(7,8)6(3-4-6)5-11-13(2,9)10/h3-5H2,1-2H3. The van der Waals surface area contributed by atoms with Crippen LogP contribution in [-0.4, -0.2) is 40.7 Å². The van der Waals surface area contributed by atoms with Gasteiger partial charge in [-0.05, 0) is 12.8 Å². The van der Waals surface area contributed by atoms with Crippen molar-refractivity contribution in [3.63, 3.8) is 0 Å². The summed E-state index contributed by atoms with van der Waals surface area (Å²) < 4.78 is 47.1. The predicted molar refractivity (Wildman–Crippen MR) is 47.6 cm³/mol. The van der Waals surface area contributed by atoms with Crippen molar-refractivity contribution in [1.82, 2.24) is 0 Å². The van der Waals surface area contributed by atoms with Crippen molar-refractivity contribution in [2.75, 3.05) is 19.1 Å². The van der Waals surface area contributed by atoms with Gasteiger partial charge in [-0.15, -0.1) is 0 Å². The molecular formula is C6H12O5S2. The molecule has 0 bridgehead atoms. The molecule has 0 spiro atoms.